The fourth-order valence-electron chi connectivity index (χ4n) is 1.03. The van der Waals surface area contributed by atoms with Gasteiger partial charge in [0, 0.05) is 0 Å². The van der Waals surface area contributed by atoms with Gasteiger partial charge in [0.1, 0.15) is 0 Å². The summed E-state index contributed by atoms with van der Waals surface area (Å²) in [5, 5.41) is 0. The number of halogens is 1. The standard InChI is InChI=1S/C10H17O2.BrH.Mg/c1-4-7-8-9-10(11-5-2)12-6-3;;/h10H,5-9H2,2-3H3;1H;/q;;+1/p-1. The molecule has 2 nitrogen and oxygen atoms in total. The van der Waals surface area contributed by atoms with E-state index in [1.165, 1.54) is 0 Å². The average Bonchev–Trinajstić information content (AvgIpc) is 2.13. The molecule has 0 radical (unpaired) electrons. The summed E-state index contributed by atoms with van der Waals surface area (Å²) < 4.78 is 13.7. The molecule has 0 fully saturated rings. The predicted molar refractivity (Wildman–Crippen MR) is 54.4 cm³/mol. The van der Waals surface area contributed by atoms with Crippen LogP contribution in [0.2, 0.25) is 0 Å². The number of hydrogen-bond donors (Lipinski definition) is 0. The van der Waals surface area contributed by atoms with Crippen LogP contribution in [0.1, 0.15) is 33.1 Å². The molecule has 0 rings (SSSR count). The monoisotopic (exact) mass is 272 g/mol. The molecule has 0 aromatic carbocycles. The zero-order valence-corrected chi connectivity index (χ0v) is 12.0. The van der Waals surface area contributed by atoms with Gasteiger partial charge in [-0.15, -0.1) is 0 Å². The second-order valence-corrected chi connectivity index (χ2v) is 2.94. The number of unbranched alkanes of at least 4 members (excludes halogenated alkanes) is 1. The van der Waals surface area contributed by atoms with Crippen molar-refractivity contribution in [3.63, 3.8) is 0 Å². The maximum absolute atomic E-state index is 5.39. The Kier molecular flexibility index (Phi) is 16.8. The summed E-state index contributed by atoms with van der Waals surface area (Å²) in [6, 6.07) is 0. The zero-order chi connectivity index (χ0) is 9.94. The third-order valence-corrected chi connectivity index (χ3v) is 1.82. The summed E-state index contributed by atoms with van der Waals surface area (Å²) >= 11 is 1.69. The fourth-order valence-corrected chi connectivity index (χ4v) is 1.21. The van der Waals surface area contributed by atoms with Gasteiger partial charge in [0.05, 0.1) is 0 Å². The second kappa shape index (κ2) is 13.7. The first-order valence-electron chi connectivity index (χ1n) is 4.83. The minimum Gasteiger partial charge on any atom is -1.00 e. The van der Waals surface area contributed by atoms with Crippen molar-refractivity contribution in [2.45, 2.75) is 39.4 Å². The SMILES string of the molecule is CCOC(CCCC#[C][Mg+])OCC.[Br-]. The molecular formula is C10H17BrMgO2. The third kappa shape index (κ3) is 10.8. The molecule has 0 aromatic rings. The molecule has 0 saturated carbocycles. The number of hydrogen-bond acceptors (Lipinski definition) is 2. The maximum Gasteiger partial charge on any atom is -1.00 e. The smallest absolute Gasteiger partial charge is 1.00 e. The molecule has 78 valence electrons. The van der Waals surface area contributed by atoms with E-state index < -0.39 is 0 Å². The van der Waals surface area contributed by atoms with E-state index in [1.54, 1.807) is 21.7 Å². The van der Waals surface area contributed by atoms with Crippen LogP contribution < -0.4 is 17.0 Å². The zero-order valence-electron chi connectivity index (χ0n) is 9.01. The van der Waals surface area contributed by atoms with Crippen LogP contribution in [0, 0.1) is 9.97 Å². The molecule has 0 N–H and O–H groups in total. The van der Waals surface area contributed by atoms with E-state index in [2.05, 4.69) is 9.97 Å². The van der Waals surface area contributed by atoms with Gasteiger partial charge in [-0.3, -0.25) is 0 Å². The van der Waals surface area contributed by atoms with Crippen molar-refractivity contribution in [1.29, 1.82) is 0 Å². The van der Waals surface area contributed by atoms with Crippen LogP contribution >= 0.6 is 0 Å². The molecule has 0 amide bonds. The van der Waals surface area contributed by atoms with E-state index in [0.29, 0.717) is 13.2 Å². The van der Waals surface area contributed by atoms with Crippen LogP contribution in [0.25, 0.3) is 0 Å². The first-order valence-corrected chi connectivity index (χ1v) is 5.54. The van der Waals surface area contributed by atoms with E-state index in [4.69, 9.17) is 9.47 Å². The van der Waals surface area contributed by atoms with Crippen LogP contribution in [0.15, 0.2) is 0 Å². The van der Waals surface area contributed by atoms with Gasteiger partial charge in [-0.25, -0.2) is 0 Å². The first kappa shape index (κ1) is 17.1. The molecule has 0 atom stereocenters. The minimum absolute atomic E-state index is 0. The van der Waals surface area contributed by atoms with Crippen LogP contribution in [-0.4, -0.2) is 41.2 Å². The van der Waals surface area contributed by atoms with Gasteiger partial charge < -0.3 is 17.0 Å². The molecular weight excluding hydrogens is 256 g/mol. The van der Waals surface area contributed by atoms with Crippen molar-refractivity contribution in [3.8, 4) is 9.97 Å². The van der Waals surface area contributed by atoms with Crippen molar-refractivity contribution in [2.24, 2.45) is 0 Å². The molecule has 0 aliphatic carbocycles. The molecule has 0 bridgehead atoms. The van der Waals surface area contributed by atoms with Crippen molar-refractivity contribution in [2.75, 3.05) is 13.2 Å². The average molecular weight is 273 g/mol. The molecule has 0 aliphatic rings. The van der Waals surface area contributed by atoms with Gasteiger partial charge in [0.15, 0.2) is 0 Å². The van der Waals surface area contributed by atoms with E-state index in [-0.39, 0.29) is 23.3 Å². The van der Waals surface area contributed by atoms with Crippen LogP contribution in [0.4, 0.5) is 0 Å². The molecule has 4 heteroatoms. The Labute approximate surface area is 110 Å². The van der Waals surface area contributed by atoms with E-state index >= 15 is 0 Å². The topological polar surface area (TPSA) is 18.5 Å². The summed E-state index contributed by atoms with van der Waals surface area (Å²) in [7, 11) is 0. The van der Waals surface area contributed by atoms with Crippen molar-refractivity contribution < 1.29 is 26.5 Å². The van der Waals surface area contributed by atoms with E-state index in [1.807, 2.05) is 13.8 Å². The van der Waals surface area contributed by atoms with Crippen molar-refractivity contribution in [3.05, 3.63) is 0 Å². The summed E-state index contributed by atoms with van der Waals surface area (Å²) in [5.74, 6) is 3.04. The van der Waals surface area contributed by atoms with Crippen molar-refractivity contribution >= 4 is 21.7 Å². The molecule has 0 aromatic heterocycles. The van der Waals surface area contributed by atoms with E-state index in [0.717, 1.165) is 19.3 Å². The quantitative estimate of drug-likeness (QED) is 0.248. The third-order valence-electron chi connectivity index (χ3n) is 1.57. The van der Waals surface area contributed by atoms with Gasteiger partial charge in [-0.1, -0.05) is 0 Å². The van der Waals surface area contributed by atoms with Gasteiger partial charge in [-0.05, 0) is 0 Å². The van der Waals surface area contributed by atoms with Gasteiger partial charge in [0.25, 0.3) is 0 Å². The Bertz CT molecular complexity index is 159. The molecule has 0 unspecified atom stereocenters. The second-order valence-electron chi connectivity index (χ2n) is 2.59. The fraction of sp³-hybridized carbons (Fsp3) is 0.800. The molecule has 0 saturated heterocycles. The summed E-state index contributed by atoms with van der Waals surface area (Å²) in [6.07, 6.45) is 2.91. The molecule has 0 heterocycles. The summed E-state index contributed by atoms with van der Waals surface area (Å²) in [6.45, 7) is 5.40. The van der Waals surface area contributed by atoms with Crippen LogP contribution in [0.5, 0.6) is 0 Å². The molecule has 14 heavy (non-hydrogen) atoms. The molecule has 0 spiro atoms. The Balaban J connectivity index is 0. The van der Waals surface area contributed by atoms with Gasteiger partial charge >= 0.3 is 93.8 Å². The number of rotatable bonds is 7. The Morgan fingerprint density at radius 3 is 2.21 bits per heavy atom. The van der Waals surface area contributed by atoms with Crippen molar-refractivity contribution in [1.82, 2.24) is 0 Å². The van der Waals surface area contributed by atoms with Gasteiger partial charge in [-0.2, -0.15) is 0 Å². The Morgan fingerprint density at radius 1 is 1.21 bits per heavy atom. The number of ether oxygens (including phenoxy) is 2. The predicted octanol–water partition coefficient (Wildman–Crippen LogP) is -1.31. The Morgan fingerprint density at radius 2 is 1.79 bits per heavy atom. The van der Waals surface area contributed by atoms with Gasteiger partial charge in [0.2, 0.25) is 0 Å². The first-order chi connectivity index (χ1) is 6.35. The molecule has 0 aliphatic heterocycles. The summed E-state index contributed by atoms with van der Waals surface area (Å²) in [4.78, 5) is 0. The van der Waals surface area contributed by atoms with Crippen LogP contribution in [0.3, 0.4) is 0 Å². The van der Waals surface area contributed by atoms with E-state index in [9.17, 15) is 0 Å². The normalized spacial score (nSPS) is 9.21. The Hall–Kier alpha value is 0.726. The van der Waals surface area contributed by atoms with Crippen LogP contribution in [-0.2, 0) is 9.47 Å². The largest absolute Gasteiger partial charge is 1.00 e. The minimum atomic E-state index is -0.0314. The maximum atomic E-state index is 5.39. The summed E-state index contributed by atoms with van der Waals surface area (Å²) in [5.41, 5.74) is 0.